The van der Waals surface area contributed by atoms with Crippen LogP contribution in [0.4, 0.5) is 0 Å². The first-order valence-corrected chi connectivity index (χ1v) is 6.52. The summed E-state index contributed by atoms with van der Waals surface area (Å²) in [5.41, 5.74) is 1.36. The summed E-state index contributed by atoms with van der Waals surface area (Å²) in [6, 6.07) is 11.0. The van der Waals surface area contributed by atoms with E-state index in [1.165, 1.54) is 5.56 Å². The molecule has 19 heavy (non-hydrogen) atoms. The Morgan fingerprint density at radius 2 is 2.00 bits per heavy atom. The van der Waals surface area contributed by atoms with Crippen molar-refractivity contribution >= 4 is 12.4 Å². The number of fused-ring (bicyclic) bond motifs is 1. The zero-order valence-corrected chi connectivity index (χ0v) is 11.9. The predicted molar refractivity (Wildman–Crippen MR) is 77.5 cm³/mol. The van der Waals surface area contributed by atoms with E-state index in [1.54, 1.807) is 0 Å². The zero-order valence-electron chi connectivity index (χ0n) is 11.0. The molecule has 0 bridgehead atoms. The maximum Gasteiger partial charge on any atom is 0.147 e. The number of nitrogens with zero attached hydrogens (tertiary/aromatic N) is 3. The van der Waals surface area contributed by atoms with Crippen molar-refractivity contribution in [3.8, 4) is 0 Å². The van der Waals surface area contributed by atoms with Gasteiger partial charge in [0.15, 0.2) is 0 Å². The number of benzene rings is 1. The van der Waals surface area contributed by atoms with E-state index >= 15 is 0 Å². The van der Waals surface area contributed by atoms with Crippen molar-refractivity contribution < 1.29 is 0 Å². The third kappa shape index (κ3) is 2.96. The van der Waals surface area contributed by atoms with Crippen LogP contribution in [0.25, 0.3) is 0 Å². The number of hydrogen-bond acceptors (Lipinski definition) is 3. The molecule has 3 rings (SSSR count). The van der Waals surface area contributed by atoms with Crippen molar-refractivity contribution in [2.24, 2.45) is 0 Å². The average molecular weight is 279 g/mol. The van der Waals surface area contributed by atoms with E-state index in [9.17, 15) is 0 Å². The van der Waals surface area contributed by atoms with Gasteiger partial charge in [0, 0.05) is 19.0 Å². The van der Waals surface area contributed by atoms with E-state index < -0.39 is 0 Å². The number of hydrogen-bond donors (Lipinski definition) is 1. The quantitative estimate of drug-likeness (QED) is 0.935. The van der Waals surface area contributed by atoms with Gasteiger partial charge in [0.2, 0.25) is 0 Å². The molecule has 102 valence electrons. The fourth-order valence-corrected chi connectivity index (χ4v) is 2.55. The van der Waals surface area contributed by atoms with Gasteiger partial charge in [0.1, 0.15) is 11.6 Å². The van der Waals surface area contributed by atoms with E-state index in [4.69, 9.17) is 0 Å². The lowest BCUT2D eigenvalue weighted by Gasteiger charge is -2.23. The molecule has 0 fully saturated rings. The van der Waals surface area contributed by atoms with E-state index in [2.05, 4.69) is 57.3 Å². The highest BCUT2D eigenvalue weighted by molar-refractivity contribution is 5.85. The van der Waals surface area contributed by atoms with Gasteiger partial charge in [-0.3, -0.25) is 0 Å². The fraction of sp³-hybridized carbons (Fsp3) is 0.429. The van der Waals surface area contributed by atoms with Crippen LogP contribution in [0.15, 0.2) is 30.3 Å². The summed E-state index contributed by atoms with van der Waals surface area (Å²) in [6.45, 7) is 4.05. The molecule has 0 radical (unpaired) electrons. The number of aromatic nitrogens is 3. The molecule has 1 aromatic carbocycles. The third-order valence-electron chi connectivity index (χ3n) is 3.48. The monoisotopic (exact) mass is 278 g/mol. The molecule has 5 heteroatoms. The van der Waals surface area contributed by atoms with E-state index in [0.29, 0.717) is 6.04 Å². The number of aryl methyl sites for hydroxylation is 2. The highest BCUT2D eigenvalue weighted by Crippen LogP contribution is 2.17. The van der Waals surface area contributed by atoms with Gasteiger partial charge >= 0.3 is 0 Å². The lowest BCUT2D eigenvalue weighted by atomic mass is 10.1. The van der Waals surface area contributed by atoms with Crippen LogP contribution in [0, 0.1) is 0 Å². The molecule has 1 N–H and O–H groups in total. The minimum atomic E-state index is 0. The average Bonchev–Trinajstić information content (AvgIpc) is 2.82. The van der Waals surface area contributed by atoms with Crippen LogP contribution in [-0.2, 0) is 19.4 Å². The predicted octanol–water partition coefficient (Wildman–Crippen LogP) is 2.15. The summed E-state index contributed by atoms with van der Waals surface area (Å²) in [4.78, 5) is 0. The molecule has 1 atom stereocenters. The summed E-state index contributed by atoms with van der Waals surface area (Å²) in [5.74, 6) is 2.18. The molecule has 0 spiro atoms. The second-order valence-electron chi connectivity index (χ2n) is 4.87. The maximum absolute atomic E-state index is 4.34. The van der Waals surface area contributed by atoms with Crippen LogP contribution >= 0.6 is 12.4 Å². The highest BCUT2D eigenvalue weighted by atomic mass is 35.5. The first-order chi connectivity index (χ1) is 8.84. The van der Waals surface area contributed by atoms with Crippen molar-refractivity contribution in [2.45, 2.75) is 32.4 Å². The van der Waals surface area contributed by atoms with Gasteiger partial charge in [-0.1, -0.05) is 30.3 Å². The zero-order chi connectivity index (χ0) is 12.4. The van der Waals surface area contributed by atoms with Crippen LogP contribution in [0.5, 0.6) is 0 Å². The Bertz CT molecular complexity index is 523. The SMILES string of the molecule is C[C@H]1CNCc2nnc(CCc3ccccc3)n21.Cl. The standard InChI is InChI=1S/C14H18N4.ClH/c1-11-9-15-10-14-17-16-13(18(11)14)8-7-12-5-3-2-4-6-12;/h2-6,11,15H,7-10H2,1H3;1H/t11-;/m0./s1. The molecule has 4 nitrogen and oxygen atoms in total. The van der Waals surface area contributed by atoms with Gasteiger partial charge in [-0.05, 0) is 18.9 Å². The second kappa shape index (κ2) is 6.17. The topological polar surface area (TPSA) is 42.7 Å². The Morgan fingerprint density at radius 1 is 1.21 bits per heavy atom. The molecule has 1 aliphatic heterocycles. The third-order valence-corrected chi connectivity index (χ3v) is 3.48. The summed E-state index contributed by atoms with van der Waals surface area (Å²) >= 11 is 0. The lowest BCUT2D eigenvalue weighted by molar-refractivity contribution is 0.410. The van der Waals surface area contributed by atoms with Crippen LogP contribution in [0.1, 0.15) is 30.2 Å². The van der Waals surface area contributed by atoms with Crippen molar-refractivity contribution in [3.63, 3.8) is 0 Å². The van der Waals surface area contributed by atoms with Gasteiger partial charge in [0.25, 0.3) is 0 Å². The highest BCUT2D eigenvalue weighted by Gasteiger charge is 2.20. The van der Waals surface area contributed by atoms with Gasteiger partial charge in [0.05, 0.1) is 6.54 Å². The second-order valence-corrected chi connectivity index (χ2v) is 4.87. The Balaban J connectivity index is 0.00000133. The first-order valence-electron chi connectivity index (χ1n) is 6.52. The van der Waals surface area contributed by atoms with E-state index in [1.807, 2.05) is 0 Å². The molecule has 0 unspecified atom stereocenters. The number of halogens is 1. The van der Waals surface area contributed by atoms with Crippen LogP contribution < -0.4 is 5.32 Å². The smallest absolute Gasteiger partial charge is 0.147 e. The first kappa shape index (κ1) is 14.0. The molecular formula is C14H19ClN4. The molecule has 0 aliphatic carbocycles. The van der Waals surface area contributed by atoms with Gasteiger partial charge in [-0.2, -0.15) is 0 Å². The van der Waals surface area contributed by atoms with Gasteiger partial charge in [-0.25, -0.2) is 0 Å². The summed E-state index contributed by atoms with van der Waals surface area (Å²) in [6.07, 6.45) is 1.99. The Labute approximate surface area is 119 Å². The fourth-order valence-electron chi connectivity index (χ4n) is 2.55. The molecule has 1 aromatic heterocycles. The summed E-state index contributed by atoms with van der Waals surface area (Å²) in [7, 11) is 0. The molecular weight excluding hydrogens is 260 g/mol. The normalized spacial score (nSPS) is 17.6. The molecule has 0 amide bonds. The van der Waals surface area contributed by atoms with Crippen LogP contribution in [0.3, 0.4) is 0 Å². The van der Waals surface area contributed by atoms with E-state index in [-0.39, 0.29) is 12.4 Å². The van der Waals surface area contributed by atoms with Crippen LogP contribution in [-0.4, -0.2) is 21.3 Å². The Morgan fingerprint density at radius 3 is 2.79 bits per heavy atom. The Hall–Kier alpha value is -1.39. The lowest BCUT2D eigenvalue weighted by Crippen LogP contribution is -2.32. The van der Waals surface area contributed by atoms with Gasteiger partial charge in [-0.15, -0.1) is 22.6 Å². The summed E-state index contributed by atoms with van der Waals surface area (Å²) < 4.78 is 2.29. The molecule has 1 aliphatic rings. The number of nitrogens with one attached hydrogen (secondary N) is 1. The van der Waals surface area contributed by atoms with E-state index in [0.717, 1.165) is 37.6 Å². The van der Waals surface area contributed by atoms with Crippen LogP contribution in [0.2, 0.25) is 0 Å². The van der Waals surface area contributed by atoms with Crippen molar-refractivity contribution in [3.05, 3.63) is 47.5 Å². The molecule has 2 heterocycles. The molecule has 0 saturated heterocycles. The minimum absolute atomic E-state index is 0. The van der Waals surface area contributed by atoms with Crippen molar-refractivity contribution in [2.75, 3.05) is 6.54 Å². The summed E-state index contributed by atoms with van der Waals surface area (Å²) in [5, 5.41) is 12.0. The largest absolute Gasteiger partial charge is 0.310 e. The number of rotatable bonds is 3. The minimum Gasteiger partial charge on any atom is -0.310 e. The maximum atomic E-state index is 4.34. The van der Waals surface area contributed by atoms with Gasteiger partial charge < -0.3 is 9.88 Å². The Kier molecular flexibility index (Phi) is 4.56. The molecule has 2 aromatic rings. The van der Waals surface area contributed by atoms with Crippen molar-refractivity contribution in [1.82, 2.24) is 20.1 Å². The van der Waals surface area contributed by atoms with Crippen molar-refractivity contribution in [1.29, 1.82) is 0 Å². The molecule has 0 saturated carbocycles.